The molecule has 0 atom stereocenters. The van der Waals surface area contributed by atoms with Gasteiger partial charge in [-0.05, 0) is 317 Å². The van der Waals surface area contributed by atoms with Crippen LogP contribution in [-0.4, -0.2) is 134 Å². The Bertz CT molecular complexity index is 8060. The largest absolute Gasteiger partial charge is 0.324 e. The summed E-state index contributed by atoms with van der Waals surface area (Å²) in [6, 6.07) is 58.0. The fourth-order valence-corrected chi connectivity index (χ4v) is 17.4. The van der Waals surface area contributed by atoms with E-state index in [1.165, 1.54) is 121 Å². The van der Waals surface area contributed by atoms with Crippen molar-refractivity contribution in [2.45, 2.75) is 66.9 Å². The van der Waals surface area contributed by atoms with E-state index in [1.807, 2.05) is 0 Å². The average molecular weight is 2160 g/mol. The Morgan fingerprint density at radius 2 is 0.318 bits per heavy atom. The van der Waals surface area contributed by atoms with E-state index in [1.54, 1.807) is 100 Å². The molecule has 754 valence electrons. The highest BCUT2D eigenvalue weighted by molar-refractivity contribution is 7.87. The minimum absolute atomic E-state index is 0.0567. The summed E-state index contributed by atoms with van der Waals surface area (Å²) in [5.41, 5.74) is 4.10. The van der Waals surface area contributed by atoms with Crippen molar-refractivity contribution in [2.24, 2.45) is 81.8 Å². The molecule has 14 N–H and O–H groups in total. The van der Waals surface area contributed by atoms with Crippen LogP contribution in [0.2, 0.25) is 0 Å². The Hall–Kier alpha value is -17.2. The van der Waals surface area contributed by atoms with E-state index in [-0.39, 0.29) is 127 Å². The summed E-state index contributed by atoms with van der Waals surface area (Å²) in [5, 5.41) is 84.3. The zero-order valence-corrected chi connectivity index (χ0v) is 82.1. The molecule has 0 radical (unpaired) electrons. The molecule has 52 nitrogen and oxygen atoms in total. The number of benzene rings is 13. The molecule has 2 heterocycles. The predicted molar refractivity (Wildman–Crippen MR) is 534 cm³/mol. The lowest BCUT2D eigenvalue weighted by molar-refractivity contribution is 0.481. The molecule has 0 aliphatic heterocycles. The number of nitrogens with zero attached hydrogens (tertiary/aromatic N) is 22. The van der Waals surface area contributed by atoms with Gasteiger partial charge in [-0.25, -0.2) is 0 Å². The van der Waals surface area contributed by atoms with Crippen LogP contribution in [0.25, 0.3) is 0 Å². The van der Waals surface area contributed by atoms with Gasteiger partial charge in [-0.1, -0.05) is 0 Å². The number of hydrogen-bond donors (Lipinski definition) is 14. The highest BCUT2D eigenvalue weighted by Gasteiger charge is 2.25. The molecular weight excluding hydrogens is 2090 g/mol. The van der Waals surface area contributed by atoms with E-state index in [9.17, 15) is 104 Å². The fourth-order valence-electron chi connectivity index (χ4n) is 12.9. The Balaban J connectivity index is 0.705. The summed E-state index contributed by atoms with van der Waals surface area (Å²) in [6.45, 7) is 6.64. The maximum Gasteiger partial charge on any atom is 0.296 e. The molecule has 2 aromatic heterocycles. The molecule has 0 fully saturated rings. The third-order valence-corrected chi connectivity index (χ3v) is 27.1. The third-order valence-electron chi connectivity index (χ3n) is 20.1. The van der Waals surface area contributed by atoms with Gasteiger partial charge in [0.2, 0.25) is 35.7 Å². The highest BCUT2D eigenvalue weighted by Crippen LogP contribution is 2.41. The number of nitrogens with one attached hydrogen (secondary N) is 6. The first-order valence-electron chi connectivity index (χ1n) is 41.6. The maximum absolute atomic E-state index is 12.7. The Labute approximate surface area is 839 Å². The minimum Gasteiger partial charge on any atom is -0.324 e. The van der Waals surface area contributed by atoms with Crippen LogP contribution in [-0.2, 0) is 80.9 Å². The van der Waals surface area contributed by atoms with Crippen LogP contribution < -0.4 is 31.9 Å². The first-order valence-corrected chi connectivity index (χ1v) is 53.2. The van der Waals surface area contributed by atoms with Gasteiger partial charge >= 0.3 is 0 Å². The third kappa shape index (κ3) is 28.2. The van der Waals surface area contributed by atoms with Crippen molar-refractivity contribution in [3.8, 4) is 0 Å². The highest BCUT2D eigenvalue weighted by atomic mass is 32.2. The van der Waals surface area contributed by atoms with Crippen molar-refractivity contribution in [3.63, 3.8) is 0 Å². The van der Waals surface area contributed by atoms with Crippen LogP contribution in [0.5, 0.6) is 0 Å². The Kier molecular flexibility index (Phi) is 30.8. The van der Waals surface area contributed by atoms with Crippen LogP contribution in [0.4, 0.5) is 161 Å². The first kappa shape index (κ1) is 105. The zero-order valence-electron chi connectivity index (χ0n) is 75.6. The van der Waals surface area contributed by atoms with Gasteiger partial charge in [0.1, 0.15) is 42.3 Å². The van der Waals surface area contributed by atoms with Crippen molar-refractivity contribution in [2.75, 3.05) is 31.9 Å². The second kappa shape index (κ2) is 43.4. The molecule has 0 aliphatic carbocycles. The van der Waals surface area contributed by atoms with Gasteiger partial charge in [0.15, 0.2) is 0 Å². The van der Waals surface area contributed by atoms with Crippen LogP contribution in [0, 0.1) is 27.7 Å². The van der Waals surface area contributed by atoms with Gasteiger partial charge in [-0.15, -0.1) is 20.5 Å². The van der Waals surface area contributed by atoms with Crippen molar-refractivity contribution in [3.05, 3.63) is 289 Å². The van der Waals surface area contributed by atoms with E-state index in [2.05, 4.69) is 144 Å². The topological polar surface area (TPSA) is 782 Å². The van der Waals surface area contributed by atoms with Gasteiger partial charge < -0.3 is 31.9 Å². The maximum atomic E-state index is 12.7. The van der Waals surface area contributed by atoms with Gasteiger partial charge in [0.25, 0.3) is 80.9 Å². The van der Waals surface area contributed by atoms with Crippen molar-refractivity contribution in [1.29, 1.82) is 0 Å². The molecule has 0 bridgehead atoms. The number of anilines is 12. The molecule has 0 saturated carbocycles. The molecule has 15 rings (SSSR count). The number of aromatic nitrogens is 6. The SMILES string of the molecule is Cc1cc(Nc2nc(Nc3ccc(Nc4nc(Nc5ccc(N=Nc6ccc(N=Nc7ccc(S(=O)(=O)O)cc7)cc6S(=O)(=O)O)c(C)c5)nc(Nc5ccc(N=Nc6ccc(N=Nc7ccc(S(=O)(=O)O)cc7)cc6S(=O)(=O)O)c(C)c5)n4)cc3)nc(Nc3ccc(N=Nc4ccc(N=Nc5ccc(S(=O)(=O)O)cc5)cc4S(=O)(=O)O)c(C)c3)n2)ccc1N=Nc1ccc(N=Nc2ccc(S(=O)(=O)O)cc2)cc1S(=O)(=O)O. The first-order chi connectivity index (χ1) is 69.8. The number of azo groups is 8. The normalized spacial score (nSPS) is 12.7. The molecule has 13 aromatic carbocycles. The van der Waals surface area contributed by atoms with E-state index in [0.29, 0.717) is 56.4 Å². The number of aryl methyl sites for hydroxylation is 4. The van der Waals surface area contributed by atoms with Crippen molar-refractivity contribution in [1.82, 2.24) is 29.9 Å². The minimum atomic E-state index is -4.97. The zero-order chi connectivity index (χ0) is 106. The monoisotopic (exact) mass is 2160 g/mol. The smallest absolute Gasteiger partial charge is 0.296 e. The molecule has 60 heteroatoms. The van der Waals surface area contributed by atoms with Crippen LogP contribution >= 0.6 is 0 Å². The summed E-state index contributed by atoms with van der Waals surface area (Å²) in [6.07, 6.45) is 0. The molecule has 148 heavy (non-hydrogen) atoms. The summed E-state index contributed by atoms with van der Waals surface area (Å²) in [4.78, 5) is 23.7. The standard InChI is InChI=1S/C88H70N28O24S8/c1-49-41-59(17-33-71(49)109-113-75-37-21-63(45-79(75)145(129,130)131)105-101-55-9-25-67(26-10-55)141(117,118)119)91-85-95-83(96-86(99-85)92-60-18-34-72(50(2)42-60)110-114-76-38-22-64(46-80(76)146(132,133)134)106-102-56-11-27-68(28-12-56)142(120,121)122)89-53-5-7-54(8-6-53)90-84-97-87(93-61-19-35-73(51(3)43-61)111-115-77-39-23-65(47-81(77)147(135,136)137)107-103-57-13-29-69(30-14-57)143(123,124)125)100-88(98-84)94-62-20-36-74(52(4)44-62)112-116-78-40-24-66(48-82(78)148(138,139)140)108-104-58-15-31-70(32-16-58)144(126,127)128/h5-48H,1-4H3,(H,117,118,119)(H,120,121,122)(H,123,124,125)(H,126,127,128)(H,129,130,131)(H,132,133,134)(H,135,136,137)(H,138,139,140)(H3,89,91,92,95,96,99)(H3,90,93,94,97,98,100). The summed E-state index contributed by atoms with van der Waals surface area (Å²) in [7, 11) is -37.9. The second-order valence-corrected chi connectivity index (χ2v) is 42.2. The van der Waals surface area contributed by atoms with E-state index in [0.717, 1.165) is 72.8 Å². The summed E-state index contributed by atoms with van der Waals surface area (Å²) >= 11 is 0. The van der Waals surface area contributed by atoms with Gasteiger partial charge in [0.05, 0.1) is 87.8 Å². The summed E-state index contributed by atoms with van der Waals surface area (Å²) < 4.78 is 273. The molecule has 15 aromatic rings. The molecule has 0 amide bonds. The Morgan fingerprint density at radius 3 is 0.486 bits per heavy atom. The van der Waals surface area contributed by atoms with Gasteiger partial charge in [0, 0.05) is 34.1 Å². The van der Waals surface area contributed by atoms with Crippen LogP contribution in [0.3, 0.4) is 0 Å². The van der Waals surface area contributed by atoms with E-state index >= 15 is 0 Å². The lowest BCUT2D eigenvalue weighted by Gasteiger charge is -2.14. The average Bonchev–Trinajstić information content (AvgIpc) is 0.810. The van der Waals surface area contributed by atoms with Gasteiger partial charge in [-0.2, -0.15) is 159 Å². The Morgan fingerprint density at radius 1 is 0.169 bits per heavy atom. The summed E-state index contributed by atoms with van der Waals surface area (Å²) in [5.74, 6) is -0.359. The molecule has 0 aliphatic rings. The molecule has 0 unspecified atom stereocenters. The molecule has 0 spiro atoms. The lowest BCUT2D eigenvalue weighted by Crippen LogP contribution is -2.08. The quantitative estimate of drug-likeness (QED) is 0.0128. The molecular formula is C88H70N28O24S8. The van der Waals surface area contributed by atoms with Crippen LogP contribution in [0.1, 0.15) is 22.3 Å². The lowest BCUT2D eigenvalue weighted by atomic mass is 10.2. The van der Waals surface area contributed by atoms with E-state index < -0.39 is 120 Å². The van der Waals surface area contributed by atoms with E-state index in [4.69, 9.17) is 0 Å². The predicted octanol–water partition coefficient (Wildman–Crippen LogP) is 23.0. The second-order valence-electron chi connectivity index (χ2n) is 30.9. The van der Waals surface area contributed by atoms with Crippen LogP contribution in [0.15, 0.2) is 388 Å². The van der Waals surface area contributed by atoms with Crippen molar-refractivity contribution < 1.29 is 104 Å². The number of hydrogen-bond acceptors (Lipinski definition) is 44. The van der Waals surface area contributed by atoms with Crippen molar-refractivity contribution >= 4 is 242 Å². The number of rotatable bonds is 36. The fraction of sp³-hybridized carbons (Fsp3) is 0.0455. The molecule has 0 saturated heterocycles. The van der Waals surface area contributed by atoms with Gasteiger partial charge in [-0.3, -0.25) is 36.4 Å².